The molecule has 2 nitrogen and oxygen atoms in total. The van der Waals surface area contributed by atoms with Crippen molar-refractivity contribution in [2.75, 3.05) is 14.2 Å². The first-order chi connectivity index (χ1) is 19.2. The molecule has 2 aromatic rings. The Kier molecular flexibility index (Phi) is 10.2. The maximum absolute atomic E-state index is 5.54. The van der Waals surface area contributed by atoms with Crippen LogP contribution < -0.4 is 9.47 Å². The monoisotopic (exact) mass is 545 g/mol. The van der Waals surface area contributed by atoms with Crippen LogP contribution in [0.1, 0.15) is 107 Å². The Morgan fingerprint density at radius 1 is 0.590 bits per heavy atom. The Labute approximate surface area is 238 Å². The van der Waals surface area contributed by atoms with Gasteiger partial charge in [-0.15, -0.1) is 0 Å². The Hall–Kier alpha value is -2.05. The predicted octanol–water partition coefficient (Wildman–Crippen LogP) is 10.8. The molecule has 3 heteroatoms. The molecule has 3 saturated carbocycles. The topological polar surface area (TPSA) is 18.5 Å². The first-order valence-corrected chi connectivity index (χ1v) is 17.9. The third kappa shape index (κ3) is 6.82. The summed E-state index contributed by atoms with van der Waals surface area (Å²) < 4.78 is 11.0. The van der Waals surface area contributed by atoms with Gasteiger partial charge in [0, 0.05) is 12.8 Å². The van der Waals surface area contributed by atoms with E-state index < -0.39 is 7.26 Å². The molecule has 0 unspecified atom stereocenters. The molecule has 0 aromatic heterocycles. The number of hydrogen-bond acceptors (Lipinski definition) is 2. The highest BCUT2D eigenvalue weighted by Crippen LogP contribution is 2.79. The largest absolute Gasteiger partial charge is 0.497 e. The third-order valence-corrected chi connectivity index (χ3v) is 16.0. The van der Waals surface area contributed by atoms with E-state index in [1.807, 2.05) is 0 Å². The Morgan fingerprint density at radius 2 is 1.00 bits per heavy atom. The van der Waals surface area contributed by atoms with Crippen molar-refractivity contribution >= 4 is 18.9 Å². The van der Waals surface area contributed by atoms with Gasteiger partial charge in [-0.1, -0.05) is 55.7 Å². The Bertz CT molecular complexity index is 1020. The molecule has 210 valence electrons. The minimum absolute atomic E-state index is 0.912. The minimum Gasteiger partial charge on any atom is -0.497 e. The van der Waals surface area contributed by atoms with Crippen molar-refractivity contribution in [2.45, 2.75) is 113 Å². The Morgan fingerprint density at radius 3 is 1.41 bits per heavy atom. The molecule has 2 aromatic carbocycles. The minimum atomic E-state index is -1.36. The van der Waals surface area contributed by atoms with E-state index in [1.54, 1.807) is 14.2 Å². The van der Waals surface area contributed by atoms with Crippen LogP contribution in [0.3, 0.4) is 0 Å². The maximum atomic E-state index is 5.54. The van der Waals surface area contributed by atoms with Crippen molar-refractivity contribution in [2.24, 2.45) is 0 Å². The van der Waals surface area contributed by atoms with E-state index >= 15 is 0 Å². The lowest BCUT2D eigenvalue weighted by molar-refractivity contribution is 0.414. The van der Waals surface area contributed by atoms with Gasteiger partial charge in [-0.3, -0.25) is 0 Å². The molecule has 0 saturated heterocycles. The van der Waals surface area contributed by atoms with E-state index in [2.05, 4.69) is 66.5 Å². The average Bonchev–Trinajstić information content (AvgIpc) is 3.03. The average molecular weight is 546 g/mol. The normalized spacial score (nSPS) is 20.8. The van der Waals surface area contributed by atoms with E-state index in [4.69, 9.17) is 9.47 Å². The number of ether oxygens (including phenoxy) is 2. The third-order valence-electron chi connectivity index (χ3n) is 9.98. The van der Waals surface area contributed by atoms with E-state index in [-0.39, 0.29) is 0 Å². The summed E-state index contributed by atoms with van der Waals surface area (Å²) in [6.07, 6.45) is 26.6. The van der Waals surface area contributed by atoms with Gasteiger partial charge in [0.1, 0.15) is 11.5 Å². The zero-order chi connectivity index (χ0) is 26.9. The summed E-state index contributed by atoms with van der Waals surface area (Å²) in [4.78, 5) is 0. The van der Waals surface area contributed by atoms with Crippen LogP contribution in [0, 0.1) is 0 Å². The second-order valence-corrected chi connectivity index (χ2v) is 16.4. The van der Waals surface area contributed by atoms with E-state index in [0.717, 1.165) is 28.5 Å². The molecule has 5 rings (SSSR count). The van der Waals surface area contributed by atoms with E-state index in [9.17, 15) is 0 Å². The number of methoxy groups -OCH3 is 2. The molecule has 0 radical (unpaired) electrons. The van der Waals surface area contributed by atoms with Crippen LogP contribution in [0.15, 0.2) is 60.4 Å². The van der Waals surface area contributed by atoms with Gasteiger partial charge in [-0.25, -0.2) is 0 Å². The fraction of sp³-hybridized carbons (Fsp3) is 0.556. The molecule has 3 aliphatic rings. The molecule has 0 amide bonds. The molecule has 3 aliphatic carbocycles. The zero-order valence-corrected chi connectivity index (χ0v) is 25.3. The highest BCUT2D eigenvalue weighted by atomic mass is 31.2. The molecule has 0 N–H and O–H groups in total. The number of hydrogen-bond donors (Lipinski definition) is 0. The summed E-state index contributed by atoms with van der Waals surface area (Å²) in [6, 6.07) is 17.4. The summed E-state index contributed by atoms with van der Waals surface area (Å²) >= 11 is 0. The summed E-state index contributed by atoms with van der Waals surface area (Å²) in [6.45, 7) is 0. The quantitative estimate of drug-likeness (QED) is 0.230. The lowest BCUT2D eigenvalue weighted by atomic mass is 9.99. The first-order valence-electron chi connectivity index (χ1n) is 15.8. The van der Waals surface area contributed by atoms with Gasteiger partial charge in [0.15, 0.2) is 0 Å². The summed E-state index contributed by atoms with van der Waals surface area (Å²) in [5.74, 6) is 4.82. The van der Waals surface area contributed by atoms with E-state index in [1.165, 1.54) is 113 Å². The van der Waals surface area contributed by atoms with E-state index in [0.29, 0.717) is 0 Å². The molecule has 39 heavy (non-hydrogen) atoms. The van der Waals surface area contributed by atoms with Crippen LogP contribution >= 0.6 is 7.26 Å². The lowest BCUT2D eigenvalue weighted by Crippen LogP contribution is -2.35. The van der Waals surface area contributed by atoms with Gasteiger partial charge < -0.3 is 9.47 Å². The van der Waals surface area contributed by atoms with Gasteiger partial charge >= 0.3 is 0 Å². The summed E-state index contributed by atoms with van der Waals surface area (Å²) in [5, 5.41) is 0. The van der Waals surface area contributed by atoms with Gasteiger partial charge in [-0.05, 0) is 112 Å². The SMILES string of the molecule is COc1ccc(/C=C/C(=C\[P+](C2CCCCC2)(C2CCCCC2)C2CCCCC2)c2ccc(OC)cc2)cc1. The summed E-state index contributed by atoms with van der Waals surface area (Å²) in [7, 11) is 2.14. The standard InChI is InChI=1S/C36H50O2P/c1-37-32-24-19-29(20-25-32)18-21-31(30-22-26-33(38-2)27-23-30)28-39(34-12-6-3-7-13-34,35-14-8-4-9-15-35)36-16-10-5-11-17-36/h18-28,34-36H,3-17H2,1-2H3/q+1/b21-18+,31-28+. The molecule has 0 spiro atoms. The molecular weight excluding hydrogens is 495 g/mol. The van der Waals surface area contributed by atoms with Gasteiger partial charge in [0.05, 0.1) is 37.0 Å². The van der Waals surface area contributed by atoms with Crippen LogP contribution in [0.25, 0.3) is 11.6 Å². The van der Waals surface area contributed by atoms with Crippen LogP contribution in [0.2, 0.25) is 0 Å². The molecule has 0 atom stereocenters. The van der Waals surface area contributed by atoms with Crippen LogP contribution in [0.4, 0.5) is 0 Å². The number of allylic oxidation sites excluding steroid dienone is 2. The van der Waals surface area contributed by atoms with Gasteiger partial charge in [-0.2, -0.15) is 0 Å². The van der Waals surface area contributed by atoms with Crippen molar-refractivity contribution in [3.05, 3.63) is 71.6 Å². The highest BCUT2D eigenvalue weighted by Gasteiger charge is 2.56. The van der Waals surface area contributed by atoms with Gasteiger partial charge in [0.2, 0.25) is 0 Å². The molecule has 0 aliphatic heterocycles. The van der Waals surface area contributed by atoms with Crippen molar-refractivity contribution < 1.29 is 9.47 Å². The predicted molar refractivity (Wildman–Crippen MR) is 171 cm³/mol. The highest BCUT2D eigenvalue weighted by molar-refractivity contribution is 7.81. The number of benzene rings is 2. The fourth-order valence-electron chi connectivity index (χ4n) is 7.93. The molecule has 0 heterocycles. The fourth-order valence-corrected chi connectivity index (χ4v) is 14.9. The first kappa shape index (κ1) is 28.5. The van der Waals surface area contributed by atoms with Crippen molar-refractivity contribution in [1.29, 1.82) is 0 Å². The van der Waals surface area contributed by atoms with Crippen molar-refractivity contribution in [3.8, 4) is 11.5 Å². The van der Waals surface area contributed by atoms with Crippen LogP contribution in [-0.2, 0) is 0 Å². The summed E-state index contributed by atoms with van der Waals surface area (Å²) in [5.41, 5.74) is 6.81. The maximum Gasteiger partial charge on any atom is 0.118 e. The van der Waals surface area contributed by atoms with Crippen LogP contribution in [0.5, 0.6) is 11.5 Å². The van der Waals surface area contributed by atoms with Gasteiger partial charge in [0.25, 0.3) is 0 Å². The smallest absolute Gasteiger partial charge is 0.118 e. The van der Waals surface area contributed by atoms with Crippen LogP contribution in [-0.4, -0.2) is 31.2 Å². The van der Waals surface area contributed by atoms with Crippen molar-refractivity contribution in [1.82, 2.24) is 0 Å². The molecule has 0 bridgehead atoms. The molecule has 3 fully saturated rings. The Balaban J connectivity index is 1.64. The number of rotatable bonds is 9. The zero-order valence-electron chi connectivity index (χ0n) is 24.5. The lowest BCUT2D eigenvalue weighted by Gasteiger charge is -2.47. The van der Waals surface area contributed by atoms with Crippen molar-refractivity contribution in [3.63, 3.8) is 0 Å². The molecular formula is C36H50O2P+. The second kappa shape index (κ2) is 14.0. The second-order valence-electron chi connectivity index (χ2n) is 12.2.